The number of hydrogen-bond acceptors (Lipinski definition) is 4. The largest absolute Gasteiger partial charge is 0.481 e. The van der Waals surface area contributed by atoms with Crippen LogP contribution in [0.3, 0.4) is 0 Å². The first-order valence-corrected chi connectivity index (χ1v) is 13.5. The Balaban J connectivity index is 1.60. The normalized spacial score (nSPS) is 13.1. The van der Waals surface area contributed by atoms with Crippen molar-refractivity contribution in [2.45, 2.75) is 51.0 Å². The lowest BCUT2D eigenvalue weighted by Crippen LogP contribution is -2.31. The van der Waals surface area contributed by atoms with Crippen molar-refractivity contribution in [1.29, 1.82) is 0 Å². The summed E-state index contributed by atoms with van der Waals surface area (Å²) in [6.45, 7) is 5.34. The van der Waals surface area contributed by atoms with Crippen LogP contribution in [-0.2, 0) is 22.9 Å². The lowest BCUT2D eigenvalue weighted by molar-refractivity contribution is -0.189. The van der Waals surface area contributed by atoms with Crippen LogP contribution >= 0.6 is 0 Å². The number of hydrogen-bond donors (Lipinski definition) is 1. The van der Waals surface area contributed by atoms with E-state index in [2.05, 4.69) is 5.32 Å². The fourth-order valence-corrected chi connectivity index (χ4v) is 5.06. The third kappa shape index (κ3) is 5.44. The second-order valence-electron chi connectivity index (χ2n) is 8.69. The molecule has 1 heterocycles. The quantitative estimate of drug-likeness (QED) is 0.308. The summed E-state index contributed by atoms with van der Waals surface area (Å²) in [4.78, 5) is 13.1. The van der Waals surface area contributed by atoms with E-state index in [0.717, 1.165) is 28.9 Å². The van der Waals surface area contributed by atoms with E-state index in [1.807, 2.05) is 17.6 Å². The number of sulfone groups is 1. The van der Waals surface area contributed by atoms with Gasteiger partial charge in [0.1, 0.15) is 5.75 Å². The van der Waals surface area contributed by atoms with Gasteiger partial charge in [-0.15, -0.1) is 0 Å². The zero-order valence-electron chi connectivity index (χ0n) is 20.6. The van der Waals surface area contributed by atoms with Crippen molar-refractivity contribution >= 4 is 37.6 Å². The van der Waals surface area contributed by atoms with E-state index < -0.39 is 22.1 Å². The van der Waals surface area contributed by atoms with E-state index in [1.165, 1.54) is 18.2 Å². The molecule has 0 saturated heterocycles. The molecule has 4 aromatic rings. The van der Waals surface area contributed by atoms with Gasteiger partial charge in [0.25, 0.3) is 5.91 Å². The molecule has 1 N–H and O–H groups in total. The number of carbonyl (C=O) groups excluding carboxylic acids is 1. The molecule has 0 aliphatic rings. The minimum Gasteiger partial charge on any atom is -0.481 e. The Morgan fingerprint density at radius 2 is 1.59 bits per heavy atom. The van der Waals surface area contributed by atoms with E-state index in [1.54, 1.807) is 43.3 Å². The molecule has 0 aliphatic carbocycles. The third-order valence-electron chi connectivity index (χ3n) is 6.30. The molecule has 0 spiro atoms. The molecule has 0 aliphatic heterocycles. The molecule has 0 radical (unpaired) electrons. The maximum absolute atomic E-state index is 13.0. The van der Waals surface area contributed by atoms with Gasteiger partial charge in [0.15, 0.2) is 15.9 Å². The zero-order valence-corrected chi connectivity index (χ0v) is 21.4. The van der Waals surface area contributed by atoms with E-state index in [-0.39, 0.29) is 28.8 Å². The van der Waals surface area contributed by atoms with E-state index in [9.17, 15) is 26.4 Å². The van der Waals surface area contributed by atoms with E-state index in [0.29, 0.717) is 17.5 Å². The van der Waals surface area contributed by atoms with Crippen molar-refractivity contribution in [3.05, 3.63) is 71.8 Å². The molecule has 1 amide bonds. The molecule has 6 nitrogen and oxygen atoms in total. The molecular weight excluding hydrogens is 505 g/mol. The molecule has 1 atom stereocenters. The lowest BCUT2D eigenvalue weighted by Gasteiger charge is -2.17. The highest BCUT2D eigenvalue weighted by atomic mass is 32.2. The number of nitrogens with zero attached hydrogens (tertiary/aromatic N) is 1. The van der Waals surface area contributed by atoms with Gasteiger partial charge in [-0.2, -0.15) is 13.2 Å². The number of aryl methyl sites for hydroxylation is 1. The van der Waals surface area contributed by atoms with Gasteiger partial charge >= 0.3 is 6.18 Å². The molecule has 0 saturated carbocycles. The van der Waals surface area contributed by atoms with Crippen molar-refractivity contribution < 1.29 is 31.1 Å². The summed E-state index contributed by atoms with van der Waals surface area (Å²) in [5.74, 6) is -0.229. The summed E-state index contributed by atoms with van der Waals surface area (Å²) < 4.78 is 70.1. The van der Waals surface area contributed by atoms with Crippen LogP contribution < -0.4 is 10.1 Å². The Morgan fingerprint density at radius 3 is 2.19 bits per heavy atom. The van der Waals surface area contributed by atoms with Gasteiger partial charge in [-0.25, -0.2) is 8.42 Å². The fraction of sp³-hybridized carbons (Fsp3) is 0.296. The number of rotatable bonds is 8. The van der Waals surface area contributed by atoms with Gasteiger partial charge < -0.3 is 14.6 Å². The Morgan fingerprint density at radius 1 is 0.973 bits per heavy atom. The van der Waals surface area contributed by atoms with Crippen LogP contribution in [0, 0.1) is 0 Å². The zero-order chi connectivity index (χ0) is 27.0. The van der Waals surface area contributed by atoms with Crippen molar-refractivity contribution in [3.63, 3.8) is 0 Å². The number of alkyl halides is 3. The van der Waals surface area contributed by atoms with Crippen LogP contribution in [0.1, 0.15) is 36.7 Å². The number of benzene rings is 3. The van der Waals surface area contributed by atoms with Crippen LogP contribution in [-0.4, -0.2) is 36.9 Å². The second kappa shape index (κ2) is 10.1. The lowest BCUT2D eigenvalue weighted by atomic mass is 10.1. The SMILES string of the molecule is CCn1c2ccc(OC(C)C(F)(F)F)cc2c2cc(C(=O)NCc3ccc(S(=O)(=O)CC)cc3)ccc21. The van der Waals surface area contributed by atoms with Gasteiger partial charge in [0.2, 0.25) is 0 Å². The van der Waals surface area contributed by atoms with Gasteiger partial charge in [0, 0.05) is 40.5 Å². The minimum absolute atomic E-state index is 0.00890. The predicted molar refractivity (Wildman–Crippen MR) is 137 cm³/mol. The summed E-state index contributed by atoms with van der Waals surface area (Å²) >= 11 is 0. The van der Waals surface area contributed by atoms with Crippen molar-refractivity contribution in [2.75, 3.05) is 5.75 Å². The van der Waals surface area contributed by atoms with E-state index in [4.69, 9.17) is 4.74 Å². The number of fused-ring (bicyclic) bond motifs is 3. The molecule has 37 heavy (non-hydrogen) atoms. The Bertz CT molecular complexity index is 1560. The van der Waals surface area contributed by atoms with Gasteiger partial charge in [-0.05, 0) is 67.9 Å². The van der Waals surface area contributed by atoms with Crippen molar-refractivity contribution in [1.82, 2.24) is 9.88 Å². The smallest absolute Gasteiger partial charge is 0.425 e. The molecular formula is C27H27F3N2O4S. The highest BCUT2D eigenvalue weighted by Gasteiger charge is 2.38. The van der Waals surface area contributed by atoms with Gasteiger partial charge in [-0.1, -0.05) is 19.1 Å². The number of amides is 1. The average Bonchev–Trinajstić information content (AvgIpc) is 3.19. The topological polar surface area (TPSA) is 77.4 Å². The van der Waals surface area contributed by atoms with Gasteiger partial charge in [0.05, 0.1) is 10.6 Å². The average molecular weight is 533 g/mol. The predicted octanol–water partition coefficient (Wildman–Crippen LogP) is 5.87. The molecule has 1 unspecified atom stereocenters. The van der Waals surface area contributed by atoms with E-state index >= 15 is 0 Å². The fourth-order valence-electron chi connectivity index (χ4n) is 4.18. The Kier molecular flexibility index (Phi) is 7.23. The molecule has 4 rings (SSSR count). The van der Waals surface area contributed by atoms with Crippen LogP contribution in [0.15, 0.2) is 65.6 Å². The van der Waals surface area contributed by atoms with Gasteiger partial charge in [-0.3, -0.25) is 4.79 Å². The first-order chi connectivity index (χ1) is 17.4. The number of halogens is 3. The highest BCUT2D eigenvalue weighted by Crippen LogP contribution is 2.34. The first kappa shape index (κ1) is 26.5. The van der Waals surface area contributed by atoms with Crippen molar-refractivity contribution in [3.8, 4) is 5.75 Å². The molecule has 1 aromatic heterocycles. The molecule has 0 bridgehead atoms. The van der Waals surface area contributed by atoms with Crippen molar-refractivity contribution in [2.24, 2.45) is 0 Å². The minimum atomic E-state index is -4.48. The first-order valence-electron chi connectivity index (χ1n) is 11.8. The summed E-state index contributed by atoms with van der Waals surface area (Å²) in [5.41, 5.74) is 2.81. The number of nitrogens with one attached hydrogen (secondary N) is 1. The van der Waals surface area contributed by atoms with Crippen LogP contribution in [0.4, 0.5) is 13.2 Å². The summed E-state index contributed by atoms with van der Waals surface area (Å²) in [6, 6.07) is 16.4. The van der Waals surface area contributed by atoms with Crippen LogP contribution in [0.5, 0.6) is 5.75 Å². The Labute approximate surface area is 213 Å². The third-order valence-corrected chi connectivity index (χ3v) is 8.05. The molecule has 0 fully saturated rings. The maximum atomic E-state index is 13.0. The number of aromatic nitrogens is 1. The molecule has 3 aromatic carbocycles. The van der Waals surface area contributed by atoms with Crippen LogP contribution in [0.25, 0.3) is 21.8 Å². The molecule has 196 valence electrons. The maximum Gasteiger partial charge on any atom is 0.425 e. The summed E-state index contributed by atoms with van der Waals surface area (Å²) in [5, 5.41) is 4.24. The molecule has 10 heteroatoms. The second-order valence-corrected chi connectivity index (χ2v) is 11.0. The Hall–Kier alpha value is -3.53. The van der Waals surface area contributed by atoms with Crippen LogP contribution in [0.2, 0.25) is 0 Å². The summed E-state index contributed by atoms with van der Waals surface area (Å²) in [6.07, 6.45) is -6.44. The highest BCUT2D eigenvalue weighted by molar-refractivity contribution is 7.91. The monoisotopic (exact) mass is 532 g/mol. The summed E-state index contributed by atoms with van der Waals surface area (Å²) in [7, 11) is -3.30. The standard InChI is InChI=1S/C27H27F3N2O4S/c1-4-32-24-12-8-19(26(33)31-16-18-6-10-21(11-7-18)37(34,35)5-2)14-22(24)23-15-20(9-13-25(23)32)36-17(3)27(28,29)30/h6-15,17H,4-5,16H2,1-3H3,(H,31,33). The number of ether oxygens (including phenoxy) is 1. The number of carbonyl (C=O) groups is 1.